The maximum atomic E-state index is 9.81. The van der Waals surface area contributed by atoms with Gasteiger partial charge in [-0.1, -0.05) is 51.1 Å². The van der Waals surface area contributed by atoms with Gasteiger partial charge in [0.25, 0.3) is 0 Å². The van der Waals surface area contributed by atoms with Crippen LogP contribution in [-0.4, -0.2) is 23.8 Å². The van der Waals surface area contributed by atoms with Gasteiger partial charge in [0, 0.05) is 12.1 Å². The molecule has 0 aromatic heterocycles. The summed E-state index contributed by atoms with van der Waals surface area (Å²) < 4.78 is 0. The Hall–Kier alpha value is -0.860. The molecule has 2 bridgehead atoms. The van der Waals surface area contributed by atoms with Crippen molar-refractivity contribution >= 4 is 0 Å². The van der Waals surface area contributed by atoms with Gasteiger partial charge < -0.3 is 10.4 Å². The van der Waals surface area contributed by atoms with Gasteiger partial charge in [0.15, 0.2) is 0 Å². The van der Waals surface area contributed by atoms with Gasteiger partial charge in [-0.3, -0.25) is 0 Å². The van der Waals surface area contributed by atoms with Crippen molar-refractivity contribution < 1.29 is 5.11 Å². The Labute approximate surface area is 129 Å². The lowest BCUT2D eigenvalue weighted by atomic mass is 9.68. The number of benzene rings is 1. The molecule has 2 saturated carbocycles. The van der Waals surface area contributed by atoms with Crippen LogP contribution in [0.5, 0.6) is 0 Å². The molecule has 2 aliphatic carbocycles. The van der Waals surface area contributed by atoms with Crippen LogP contribution in [0.15, 0.2) is 30.3 Å². The Morgan fingerprint density at radius 1 is 1.24 bits per heavy atom. The van der Waals surface area contributed by atoms with E-state index in [0.717, 1.165) is 12.3 Å². The summed E-state index contributed by atoms with van der Waals surface area (Å²) in [5, 5.41) is 13.6. The van der Waals surface area contributed by atoms with Crippen LogP contribution < -0.4 is 5.32 Å². The van der Waals surface area contributed by atoms with Crippen molar-refractivity contribution in [1.29, 1.82) is 0 Å². The second-order valence-corrected chi connectivity index (χ2v) is 8.08. The van der Waals surface area contributed by atoms with Crippen molar-refractivity contribution in [1.82, 2.24) is 5.32 Å². The van der Waals surface area contributed by atoms with Crippen LogP contribution in [0.1, 0.15) is 45.6 Å². The standard InChI is InChI=1S/C19H29NO/c1-18(2)15-9-10-19(3,12-15)17(18)20-16(13-21)11-14-7-5-4-6-8-14/h4-8,15-17,20-21H,9-13H2,1-3H3. The lowest BCUT2D eigenvalue weighted by molar-refractivity contribution is 0.0867. The van der Waals surface area contributed by atoms with E-state index in [1.807, 2.05) is 6.07 Å². The molecule has 1 aromatic rings. The largest absolute Gasteiger partial charge is 0.395 e. The Kier molecular flexibility index (Phi) is 3.87. The Morgan fingerprint density at radius 3 is 2.52 bits per heavy atom. The van der Waals surface area contributed by atoms with E-state index in [-0.39, 0.29) is 12.6 Å². The number of fused-ring (bicyclic) bond motifs is 2. The molecule has 116 valence electrons. The number of hydrogen-bond acceptors (Lipinski definition) is 2. The number of rotatable bonds is 5. The van der Waals surface area contributed by atoms with Crippen molar-refractivity contribution in [2.45, 2.75) is 58.5 Å². The van der Waals surface area contributed by atoms with Crippen LogP contribution in [0, 0.1) is 16.7 Å². The Bertz CT molecular complexity index is 479. The fourth-order valence-electron chi connectivity index (χ4n) is 5.03. The number of nitrogens with one attached hydrogen (secondary N) is 1. The zero-order chi connectivity index (χ0) is 15.1. The molecule has 1 aromatic carbocycles. The maximum absolute atomic E-state index is 9.81. The molecule has 4 atom stereocenters. The quantitative estimate of drug-likeness (QED) is 0.870. The van der Waals surface area contributed by atoms with E-state index in [9.17, 15) is 5.11 Å². The van der Waals surface area contributed by atoms with Gasteiger partial charge in [-0.05, 0) is 48.0 Å². The molecule has 2 heteroatoms. The highest BCUT2D eigenvalue weighted by atomic mass is 16.3. The summed E-state index contributed by atoms with van der Waals surface area (Å²) in [5.74, 6) is 0.844. The molecule has 2 nitrogen and oxygen atoms in total. The minimum Gasteiger partial charge on any atom is -0.395 e. The maximum Gasteiger partial charge on any atom is 0.0587 e. The highest BCUT2D eigenvalue weighted by molar-refractivity contribution is 5.17. The molecule has 3 rings (SSSR count). The first-order chi connectivity index (χ1) is 9.95. The molecule has 0 saturated heterocycles. The molecule has 2 fully saturated rings. The predicted molar refractivity (Wildman–Crippen MR) is 87.2 cm³/mol. The van der Waals surface area contributed by atoms with E-state index >= 15 is 0 Å². The van der Waals surface area contributed by atoms with Gasteiger partial charge >= 0.3 is 0 Å². The highest BCUT2D eigenvalue weighted by Gasteiger charge is 2.59. The third kappa shape index (κ3) is 2.64. The number of aliphatic hydroxyl groups is 1. The van der Waals surface area contributed by atoms with Crippen molar-refractivity contribution in [3.8, 4) is 0 Å². The first-order valence-electron chi connectivity index (χ1n) is 8.36. The molecular formula is C19H29NO. The summed E-state index contributed by atoms with van der Waals surface area (Å²) in [5.41, 5.74) is 2.06. The van der Waals surface area contributed by atoms with Gasteiger partial charge in [0.1, 0.15) is 0 Å². The van der Waals surface area contributed by atoms with Crippen LogP contribution in [0.4, 0.5) is 0 Å². The lowest BCUT2D eigenvalue weighted by Crippen LogP contribution is -2.55. The first kappa shape index (κ1) is 15.1. The van der Waals surface area contributed by atoms with E-state index in [1.54, 1.807) is 0 Å². The summed E-state index contributed by atoms with van der Waals surface area (Å²) in [6, 6.07) is 11.2. The smallest absolute Gasteiger partial charge is 0.0587 e. The van der Waals surface area contributed by atoms with E-state index in [0.29, 0.717) is 16.9 Å². The fraction of sp³-hybridized carbons (Fsp3) is 0.684. The van der Waals surface area contributed by atoms with Crippen LogP contribution >= 0.6 is 0 Å². The van der Waals surface area contributed by atoms with E-state index in [4.69, 9.17) is 0 Å². The van der Waals surface area contributed by atoms with Crippen LogP contribution in [0.3, 0.4) is 0 Å². The molecule has 21 heavy (non-hydrogen) atoms. The molecule has 0 radical (unpaired) electrons. The van der Waals surface area contributed by atoms with Crippen LogP contribution in [0.2, 0.25) is 0 Å². The second-order valence-electron chi connectivity index (χ2n) is 8.08. The first-order valence-corrected chi connectivity index (χ1v) is 8.36. The summed E-state index contributed by atoms with van der Waals surface area (Å²) in [4.78, 5) is 0. The summed E-state index contributed by atoms with van der Waals surface area (Å²) in [7, 11) is 0. The van der Waals surface area contributed by atoms with E-state index in [1.165, 1.54) is 24.8 Å². The van der Waals surface area contributed by atoms with Crippen molar-refractivity contribution in [3.05, 3.63) is 35.9 Å². The zero-order valence-corrected chi connectivity index (χ0v) is 13.6. The summed E-state index contributed by atoms with van der Waals surface area (Å²) >= 11 is 0. The van der Waals surface area contributed by atoms with E-state index < -0.39 is 0 Å². The Balaban J connectivity index is 1.72. The van der Waals surface area contributed by atoms with Crippen LogP contribution in [0.25, 0.3) is 0 Å². The summed E-state index contributed by atoms with van der Waals surface area (Å²) in [6.07, 6.45) is 4.97. The minimum absolute atomic E-state index is 0.160. The molecule has 0 amide bonds. The molecule has 2 aliphatic rings. The SMILES string of the molecule is CC12CCC(C1)C(C)(C)C2NC(CO)Cc1ccccc1. The molecular weight excluding hydrogens is 258 g/mol. The van der Waals surface area contributed by atoms with E-state index in [2.05, 4.69) is 50.4 Å². The predicted octanol–water partition coefficient (Wildman–Crippen LogP) is 3.39. The van der Waals surface area contributed by atoms with Gasteiger partial charge in [-0.15, -0.1) is 0 Å². The zero-order valence-electron chi connectivity index (χ0n) is 13.6. The van der Waals surface area contributed by atoms with Crippen LogP contribution in [-0.2, 0) is 6.42 Å². The summed E-state index contributed by atoms with van der Waals surface area (Å²) in [6.45, 7) is 7.48. The minimum atomic E-state index is 0.160. The molecule has 2 N–H and O–H groups in total. The van der Waals surface area contributed by atoms with Gasteiger partial charge in [-0.25, -0.2) is 0 Å². The fourth-order valence-corrected chi connectivity index (χ4v) is 5.03. The third-order valence-electron chi connectivity index (χ3n) is 6.22. The Morgan fingerprint density at radius 2 is 1.95 bits per heavy atom. The number of aliphatic hydroxyl groups excluding tert-OH is 1. The highest BCUT2D eigenvalue weighted by Crippen LogP contribution is 2.62. The third-order valence-corrected chi connectivity index (χ3v) is 6.22. The van der Waals surface area contributed by atoms with Gasteiger partial charge in [0.05, 0.1) is 6.61 Å². The number of hydrogen-bond donors (Lipinski definition) is 2. The molecule has 4 unspecified atom stereocenters. The average molecular weight is 287 g/mol. The molecule has 0 spiro atoms. The molecule has 0 heterocycles. The van der Waals surface area contributed by atoms with Crippen molar-refractivity contribution in [3.63, 3.8) is 0 Å². The monoisotopic (exact) mass is 287 g/mol. The lowest BCUT2D eigenvalue weighted by Gasteiger charge is -2.45. The molecule has 0 aliphatic heterocycles. The second kappa shape index (κ2) is 5.40. The van der Waals surface area contributed by atoms with Gasteiger partial charge in [-0.2, -0.15) is 0 Å². The average Bonchev–Trinajstić information content (AvgIpc) is 2.94. The topological polar surface area (TPSA) is 32.3 Å². The van der Waals surface area contributed by atoms with Crippen molar-refractivity contribution in [2.24, 2.45) is 16.7 Å². The van der Waals surface area contributed by atoms with Crippen molar-refractivity contribution in [2.75, 3.05) is 6.61 Å². The normalized spacial score (nSPS) is 35.0. The van der Waals surface area contributed by atoms with Gasteiger partial charge in [0.2, 0.25) is 0 Å².